The SMILES string of the molecule is CCOC(=O)C[C@H]1CN([C@H](C)c2ccccc2)C(=O)[C@@H]1C(C)=O. The van der Waals surface area contributed by atoms with E-state index in [0.29, 0.717) is 13.2 Å². The molecule has 5 heteroatoms. The van der Waals surface area contributed by atoms with Gasteiger partial charge >= 0.3 is 5.97 Å². The molecular formula is C18H23NO4. The van der Waals surface area contributed by atoms with Crippen LogP contribution in [-0.2, 0) is 19.1 Å². The predicted molar refractivity (Wildman–Crippen MR) is 85.5 cm³/mol. The van der Waals surface area contributed by atoms with Gasteiger partial charge in [0.1, 0.15) is 11.7 Å². The number of hydrogen-bond donors (Lipinski definition) is 0. The van der Waals surface area contributed by atoms with Crippen LogP contribution >= 0.6 is 0 Å². The molecule has 124 valence electrons. The van der Waals surface area contributed by atoms with E-state index in [0.717, 1.165) is 5.56 Å². The predicted octanol–water partition coefficient (Wildman–Crippen LogP) is 2.36. The first-order chi connectivity index (χ1) is 11.0. The van der Waals surface area contributed by atoms with Gasteiger partial charge in [-0.3, -0.25) is 14.4 Å². The van der Waals surface area contributed by atoms with Gasteiger partial charge in [0, 0.05) is 12.5 Å². The van der Waals surface area contributed by atoms with Crippen molar-refractivity contribution >= 4 is 17.7 Å². The van der Waals surface area contributed by atoms with E-state index in [-0.39, 0.29) is 36.0 Å². The molecule has 1 aromatic rings. The van der Waals surface area contributed by atoms with E-state index >= 15 is 0 Å². The first kappa shape index (κ1) is 17.2. The van der Waals surface area contributed by atoms with Crippen LogP contribution in [0.5, 0.6) is 0 Å². The maximum atomic E-state index is 12.7. The van der Waals surface area contributed by atoms with E-state index in [2.05, 4.69) is 0 Å². The van der Waals surface area contributed by atoms with E-state index in [1.807, 2.05) is 37.3 Å². The number of carbonyl (C=O) groups is 3. The van der Waals surface area contributed by atoms with E-state index in [1.54, 1.807) is 11.8 Å². The maximum absolute atomic E-state index is 12.7. The van der Waals surface area contributed by atoms with Gasteiger partial charge in [-0.05, 0) is 26.3 Å². The van der Waals surface area contributed by atoms with Crippen molar-refractivity contribution in [3.8, 4) is 0 Å². The molecule has 3 atom stereocenters. The summed E-state index contributed by atoms with van der Waals surface area (Å²) >= 11 is 0. The summed E-state index contributed by atoms with van der Waals surface area (Å²) in [4.78, 5) is 38.0. The lowest BCUT2D eigenvalue weighted by Gasteiger charge is -2.25. The van der Waals surface area contributed by atoms with Crippen molar-refractivity contribution in [3.63, 3.8) is 0 Å². The summed E-state index contributed by atoms with van der Waals surface area (Å²) in [5.74, 6) is -1.79. The molecule has 23 heavy (non-hydrogen) atoms. The molecule has 0 saturated carbocycles. The topological polar surface area (TPSA) is 63.7 Å². The highest BCUT2D eigenvalue weighted by atomic mass is 16.5. The summed E-state index contributed by atoms with van der Waals surface area (Å²) in [6, 6.07) is 9.55. The quantitative estimate of drug-likeness (QED) is 0.597. The highest BCUT2D eigenvalue weighted by molar-refractivity contribution is 6.02. The van der Waals surface area contributed by atoms with Gasteiger partial charge in [0.05, 0.1) is 19.1 Å². The number of esters is 1. The maximum Gasteiger partial charge on any atom is 0.306 e. The zero-order chi connectivity index (χ0) is 17.0. The van der Waals surface area contributed by atoms with Crippen LogP contribution in [0.1, 0.15) is 38.8 Å². The summed E-state index contributed by atoms with van der Waals surface area (Å²) in [5.41, 5.74) is 1.01. The Kier molecular flexibility index (Phi) is 5.53. The van der Waals surface area contributed by atoms with Crippen molar-refractivity contribution in [2.75, 3.05) is 13.2 Å². The Morgan fingerprint density at radius 1 is 1.30 bits per heavy atom. The number of hydrogen-bond acceptors (Lipinski definition) is 4. The number of Topliss-reactive ketones (excluding diaryl/α,β-unsaturated/α-hetero) is 1. The first-order valence-corrected chi connectivity index (χ1v) is 7.97. The minimum Gasteiger partial charge on any atom is -0.466 e. The number of carbonyl (C=O) groups excluding carboxylic acids is 3. The van der Waals surface area contributed by atoms with Crippen LogP contribution in [0.2, 0.25) is 0 Å². The van der Waals surface area contributed by atoms with Gasteiger partial charge in [0.2, 0.25) is 5.91 Å². The molecular weight excluding hydrogens is 294 g/mol. The molecule has 0 spiro atoms. The average molecular weight is 317 g/mol. The third-order valence-electron chi connectivity index (χ3n) is 4.37. The molecule has 0 N–H and O–H groups in total. The minimum atomic E-state index is -0.745. The van der Waals surface area contributed by atoms with E-state index in [9.17, 15) is 14.4 Å². The van der Waals surface area contributed by atoms with Crippen molar-refractivity contribution < 1.29 is 19.1 Å². The van der Waals surface area contributed by atoms with Crippen LogP contribution in [0.4, 0.5) is 0 Å². The molecule has 1 saturated heterocycles. The van der Waals surface area contributed by atoms with E-state index < -0.39 is 5.92 Å². The van der Waals surface area contributed by atoms with E-state index in [1.165, 1.54) is 6.92 Å². The highest BCUT2D eigenvalue weighted by Crippen LogP contribution is 2.34. The molecule has 2 rings (SSSR count). The Hall–Kier alpha value is -2.17. The van der Waals surface area contributed by atoms with Gasteiger partial charge in [-0.25, -0.2) is 0 Å². The number of ketones is 1. The Bertz CT molecular complexity index is 584. The zero-order valence-corrected chi connectivity index (χ0v) is 13.8. The summed E-state index contributed by atoms with van der Waals surface area (Å²) in [5, 5.41) is 0. The number of nitrogens with zero attached hydrogens (tertiary/aromatic N) is 1. The van der Waals surface area contributed by atoms with Gasteiger partial charge in [-0.15, -0.1) is 0 Å². The van der Waals surface area contributed by atoms with E-state index in [4.69, 9.17) is 4.74 Å². The summed E-state index contributed by atoms with van der Waals surface area (Å²) in [7, 11) is 0. The number of rotatable bonds is 6. The average Bonchev–Trinajstić information content (AvgIpc) is 2.84. The Morgan fingerprint density at radius 3 is 2.52 bits per heavy atom. The van der Waals surface area contributed by atoms with Crippen LogP contribution in [0.15, 0.2) is 30.3 Å². The lowest BCUT2D eigenvalue weighted by atomic mass is 9.89. The normalized spacial score (nSPS) is 22.0. The van der Waals surface area contributed by atoms with Crippen molar-refractivity contribution in [2.45, 2.75) is 33.2 Å². The number of amides is 1. The fourth-order valence-electron chi connectivity index (χ4n) is 3.21. The Balaban J connectivity index is 2.18. The van der Waals surface area contributed by atoms with Crippen molar-refractivity contribution in [3.05, 3.63) is 35.9 Å². The lowest BCUT2D eigenvalue weighted by molar-refractivity contribution is -0.144. The third-order valence-corrected chi connectivity index (χ3v) is 4.37. The fraction of sp³-hybridized carbons (Fsp3) is 0.500. The zero-order valence-electron chi connectivity index (χ0n) is 13.8. The fourth-order valence-corrected chi connectivity index (χ4v) is 3.21. The summed E-state index contributed by atoms with van der Waals surface area (Å²) in [6.07, 6.45) is 0.0990. The molecule has 0 aliphatic carbocycles. The largest absolute Gasteiger partial charge is 0.466 e. The van der Waals surface area contributed by atoms with Crippen LogP contribution in [0, 0.1) is 11.8 Å². The Morgan fingerprint density at radius 2 is 1.96 bits per heavy atom. The van der Waals surface area contributed by atoms with Gasteiger partial charge in [-0.1, -0.05) is 30.3 Å². The van der Waals surface area contributed by atoms with Crippen LogP contribution in [0.25, 0.3) is 0 Å². The van der Waals surface area contributed by atoms with Gasteiger partial charge < -0.3 is 9.64 Å². The second-order valence-electron chi connectivity index (χ2n) is 5.93. The molecule has 0 radical (unpaired) electrons. The molecule has 1 fully saturated rings. The van der Waals surface area contributed by atoms with Crippen molar-refractivity contribution in [2.24, 2.45) is 11.8 Å². The molecule has 1 aromatic carbocycles. The van der Waals surface area contributed by atoms with Crippen LogP contribution in [-0.4, -0.2) is 35.7 Å². The monoisotopic (exact) mass is 317 g/mol. The van der Waals surface area contributed by atoms with Crippen LogP contribution < -0.4 is 0 Å². The number of benzene rings is 1. The summed E-state index contributed by atoms with van der Waals surface area (Å²) in [6.45, 7) is 5.80. The van der Waals surface area contributed by atoms with Crippen LogP contribution in [0.3, 0.4) is 0 Å². The third kappa shape index (κ3) is 3.78. The molecule has 1 aliphatic rings. The second kappa shape index (κ2) is 7.40. The molecule has 1 aliphatic heterocycles. The van der Waals surface area contributed by atoms with Gasteiger partial charge in [0.15, 0.2) is 0 Å². The molecule has 0 aromatic heterocycles. The smallest absolute Gasteiger partial charge is 0.306 e. The van der Waals surface area contributed by atoms with Crippen molar-refractivity contribution in [1.82, 2.24) is 4.90 Å². The molecule has 5 nitrogen and oxygen atoms in total. The molecule has 0 unspecified atom stereocenters. The standard InChI is InChI=1S/C18H23NO4/c1-4-23-16(21)10-15-11-19(18(22)17(15)13(3)20)12(2)14-8-6-5-7-9-14/h5-9,12,15,17H,4,10-11H2,1-3H3/t12-,15+,17-/m1/s1. The first-order valence-electron chi connectivity index (χ1n) is 7.97. The van der Waals surface area contributed by atoms with Gasteiger partial charge in [-0.2, -0.15) is 0 Å². The Labute approximate surface area is 136 Å². The number of ether oxygens (including phenoxy) is 1. The molecule has 0 bridgehead atoms. The second-order valence-corrected chi connectivity index (χ2v) is 5.93. The summed E-state index contributed by atoms with van der Waals surface area (Å²) < 4.78 is 4.97. The highest BCUT2D eigenvalue weighted by Gasteiger charge is 2.45. The minimum absolute atomic E-state index is 0.0990. The number of likely N-dealkylation sites (tertiary alicyclic amines) is 1. The lowest BCUT2D eigenvalue weighted by Crippen LogP contribution is -2.32. The molecule has 1 heterocycles. The van der Waals surface area contributed by atoms with Gasteiger partial charge in [0.25, 0.3) is 0 Å². The van der Waals surface area contributed by atoms with Crippen molar-refractivity contribution in [1.29, 1.82) is 0 Å². The molecule has 1 amide bonds.